The van der Waals surface area contributed by atoms with Gasteiger partial charge in [-0.05, 0) is 73.0 Å². The Hall–Kier alpha value is -0.0800. The first-order valence-electron chi connectivity index (χ1n) is 8.24. The van der Waals surface area contributed by atoms with E-state index in [1.54, 1.807) is 0 Å². The highest BCUT2D eigenvalue weighted by atomic mass is 15.2. The van der Waals surface area contributed by atoms with Crippen LogP contribution < -0.4 is 11.3 Å². The molecule has 0 aromatic rings. The van der Waals surface area contributed by atoms with Gasteiger partial charge in [-0.15, -0.1) is 0 Å². The summed E-state index contributed by atoms with van der Waals surface area (Å²) in [6, 6.07) is 0.523. The summed E-state index contributed by atoms with van der Waals surface area (Å²) in [5.74, 6) is 7.68. The minimum atomic E-state index is 0.488. The van der Waals surface area contributed by atoms with Crippen molar-refractivity contribution in [1.82, 2.24) is 5.43 Å². The van der Waals surface area contributed by atoms with Crippen molar-refractivity contribution in [3.63, 3.8) is 0 Å². The summed E-state index contributed by atoms with van der Waals surface area (Å²) in [5.41, 5.74) is 4.91. The van der Waals surface area contributed by atoms with Gasteiger partial charge in [-0.2, -0.15) is 0 Å². The predicted octanol–water partition coefficient (Wildman–Crippen LogP) is 3.86. The van der Waals surface area contributed by atoms with Crippen LogP contribution in [0.2, 0.25) is 0 Å². The van der Waals surface area contributed by atoms with E-state index in [2.05, 4.69) is 33.1 Å². The largest absolute Gasteiger partial charge is 0.271 e. The second kappa shape index (κ2) is 4.21. The molecule has 3 N–H and O–H groups in total. The quantitative estimate of drug-likeness (QED) is 0.597. The van der Waals surface area contributed by atoms with E-state index in [1.807, 2.05) is 0 Å². The highest BCUT2D eigenvalue weighted by Crippen LogP contribution is 2.70. The highest BCUT2D eigenvalue weighted by molar-refractivity contribution is 5.13. The molecule has 0 heterocycles. The first-order valence-corrected chi connectivity index (χ1v) is 8.24. The maximum Gasteiger partial charge on any atom is 0.0269 e. The second-order valence-electron chi connectivity index (χ2n) is 9.34. The van der Waals surface area contributed by atoms with Crippen LogP contribution in [0.25, 0.3) is 0 Å². The molecule has 4 fully saturated rings. The monoisotopic (exact) mass is 264 g/mol. The van der Waals surface area contributed by atoms with E-state index in [9.17, 15) is 0 Å². The maximum absolute atomic E-state index is 5.98. The normalized spacial score (nSPS) is 49.9. The smallest absolute Gasteiger partial charge is 0.0269 e. The highest BCUT2D eigenvalue weighted by Gasteiger charge is 2.61. The molecule has 0 aromatic carbocycles. The number of nitrogens with one attached hydrogen (secondary N) is 1. The van der Waals surface area contributed by atoms with Crippen LogP contribution in [0, 0.1) is 28.1 Å². The van der Waals surface area contributed by atoms with Gasteiger partial charge >= 0.3 is 0 Å². The van der Waals surface area contributed by atoms with Gasteiger partial charge in [-0.1, -0.05) is 27.7 Å². The topological polar surface area (TPSA) is 38.0 Å². The van der Waals surface area contributed by atoms with Crippen LogP contribution in [0.4, 0.5) is 0 Å². The molecule has 4 bridgehead atoms. The Balaban J connectivity index is 1.91. The predicted molar refractivity (Wildman–Crippen MR) is 80.4 cm³/mol. The van der Waals surface area contributed by atoms with Crippen molar-refractivity contribution < 1.29 is 0 Å². The van der Waals surface area contributed by atoms with Gasteiger partial charge in [-0.3, -0.25) is 11.3 Å². The summed E-state index contributed by atoms with van der Waals surface area (Å²) < 4.78 is 0. The SMILES string of the molecule is CC(C)CC(NN)C12CC3CC(C)(CC(C)(C3)C1)C2. The van der Waals surface area contributed by atoms with Crippen molar-refractivity contribution in [2.75, 3.05) is 0 Å². The molecular weight excluding hydrogens is 232 g/mol. The standard InChI is InChI=1S/C17H32N2/c1-12(2)5-14(19-18)17-8-13-6-15(3,10-17)9-16(4,7-13)11-17/h12-14,19H,5-11,18H2,1-4H3. The van der Waals surface area contributed by atoms with Crippen molar-refractivity contribution in [1.29, 1.82) is 0 Å². The molecule has 0 spiro atoms. The van der Waals surface area contributed by atoms with Crippen LogP contribution in [0.1, 0.15) is 72.6 Å². The van der Waals surface area contributed by atoms with E-state index in [0.717, 1.165) is 11.8 Å². The van der Waals surface area contributed by atoms with Crippen molar-refractivity contribution in [3.8, 4) is 0 Å². The molecular formula is C17H32N2. The number of nitrogens with two attached hydrogens (primary N) is 1. The van der Waals surface area contributed by atoms with E-state index in [1.165, 1.54) is 44.9 Å². The molecule has 0 radical (unpaired) electrons. The molecule has 4 saturated carbocycles. The third kappa shape index (κ3) is 2.25. The van der Waals surface area contributed by atoms with E-state index in [-0.39, 0.29) is 0 Å². The zero-order valence-corrected chi connectivity index (χ0v) is 13.3. The van der Waals surface area contributed by atoms with Gasteiger partial charge in [0.15, 0.2) is 0 Å². The van der Waals surface area contributed by atoms with Crippen LogP contribution in [-0.2, 0) is 0 Å². The van der Waals surface area contributed by atoms with Gasteiger partial charge in [0.05, 0.1) is 0 Å². The van der Waals surface area contributed by atoms with Crippen LogP contribution in [-0.4, -0.2) is 6.04 Å². The molecule has 3 unspecified atom stereocenters. The Bertz CT molecular complexity index is 344. The zero-order valence-electron chi connectivity index (χ0n) is 13.3. The molecule has 4 rings (SSSR count). The molecule has 4 aliphatic rings. The zero-order chi connectivity index (χ0) is 13.9. The van der Waals surface area contributed by atoms with Crippen molar-refractivity contribution in [2.45, 2.75) is 78.7 Å². The lowest BCUT2D eigenvalue weighted by Crippen LogP contribution is -2.62. The summed E-state index contributed by atoms with van der Waals surface area (Å²) >= 11 is 0. The van der Waals surface area contributed by atoms with Gasteiger partial charge in [0, 0.05) is 6.04 Å². The minimum absolute atomic E-state index is 0.488. The summed E-state index contributed by atoms with van der Waals surface area (Å²) in [7, 11) is 0. The first kappa shape index (κ1) is 13.9. The molecule has 110 valence electrons. The van der Waals surface area contributed by atoms with Crippen LogP contribution in [0.3, 0.4) is 0 Å². The average Bonchev–Trinajstić information content (AvgIpc) is 2.20. The molecule has 0 aromatic heterocycles. The van der Waals surface area contributed by atoms with Crippen molar-refractivity contribution >= 4 is 0 Å². The fraction of sp³-hybridized carbons (Fsp3) is 1.00. The van der Waals surface area contributed by atoms with E-state index >= 15 is 0 Å². The molecule has 19 heavy (non-hydrogen) atoms. The lowest BCUT2D eigenvalue weighted by molar-refractivity contribution is -0.159. The van der Waals surface area contributed by atoms with E-state index in [4.69, 9.17) is 5.84 Å². The van der Waals surface area contributed by atoms with Crippen LogP contribution >= 0.6 is 0 Å². The van der Waals surface area contributed by atoms with Crippen molar-refractivity contribution in [3.05, 3.63) is 0 Å². The Morgan fingerprint density at radius 2 is 1.63 bits per heavy atom. The number of hydrogen-bond donors (Lipinski definition) is 2. The van der Waals surface area contributed by atoms with Gasteiger partial charge in [-0.25, -0.2) is 0 Å². The number of hydrogen-bond acceptors (Lipinski definition) is 2. The molecule has 0 aliphatic heterocycles. The Morgan fingerprint density at radius 1 is 1.05 bits per heavy atom. The van der Waals surface area contributed by atoms with Crippen LogP contribution in [0.15, 0.2) is 0 Å². The van der Waals surface area contributed by atoms with Gasteiger partial charge in [0.2, 0.25) is 0 Å². The first-order chi connectivity index (χ1) is 8.78. The molecule has 0 amide bonds. The molecule has 4 aliphatic carbocycles. The summed E-state index contributed by atoms with van der Waals surface area (Å²) in [6.07, 6.45) is 9.89. The van der Waals surface area contributed by atoms with Gasteiger partial charge in [0.25, 0.3) is 0 Å². The number of hydrazine groups is 1. The lowest BCUT2D eigenvalue weighted by atomic mass is 9.39. The maximum atomic E-state index is 5.98. The fourth-order valence-corrected chi connectivity index (χ4v) is 6.89. The van der Waals surface area contributed by atoms with E-state index in [0.29, 0.717) is 22.3 Å². The molecule has 3 atom stereocenters. The summed E-state index contributed by atoms with van der Waals surface area (Å²) in [5, 5.41) is 0. The number of rotatable bonds is 4. The third-order valence-electron chi connectivity index (χ3n) is 6.32. The van der Waals surface area contributed by atoms with Crippen LogP contribution in [0.5, 0.6) is 0 Å². The average molecular weight is 264 g/mol. The second-order valence-corrected chi connectivity index (χ2v) is 9.34. The molecule has 2 heteroatoms. The molecule has 0 saturated heterocycles. The molecule has 2 nitrogen and oxygen atoms in total. The fourth-order valence-electron chi connectivity index (χ4n) is 6.89. The van der Waals surface area contributed by atoms with Gasteiger partial charge < -0.3 is 0 Å². The van der Waals surface area contributed by atoms with Gasteiger partial charge in [0.1, 0.15) is 0 Å². The Kier molecular flexibility index (Phi) is 3.07. The Labute approximate surface area is 118 Å². The van der Waals surface area contributed by atoms with Crippen molar-refractivity contribution in [2.24, 2.45) is 33.9 Å². The summed E-state index contributed by atoms with van der Waals surface area (Å²) in [6.45, 7) is 9.75. The Morgan fingerprint density at radius 3 is 2.05 bits per heavy atom. The van der Waals surface area contributed by atoms with E-state index < -0.39 is 0 Å². The lowest BCUT2D eigenvalue weighted by Gasteiger charge is -2.67. The third-order valence-corrected chi connectivity index (χ3v) is 6.32. The minimum Gasteiger partial charge on any atom is -0.271 e. The summed E-state index contributed by atoms with van der Waals surface area (Å²) in [4.78, 5) is 0.